The molecule has 20 heavy (non-hydrogen) atoms. The zero-order valence-corrected chi connectivity index (χ0v) is 11.4. The molecule has 0 aromatic heterocycles. The van der Waals surface area contributed by atoms with Gasteiger partial charge in [0.1, 0.15) is 6.54 Å². The van der Waals surface area contributed by atoms with Gasteiger partial charge in [0.25, 0.3) is 0 Å². The molecule has 2 N–H and O–H groups in total. The van der Waals surface area contributed by atoms with Crippen LogP contribution < -0.4 is 5.73 Å². The third kappa shape index (κ3) is 5.61. The number of benzene rings is 1. The number of nitrogens with zero attached hydrogens (tertiary/aromatic N) is 1. The number of nitrogens with two attached hydrogens (primary N) is 1. The summed E-state index contributed by atoms with van der Waals surface area (Å²) in [4.78, 5) is 12.8. The topological polar surface area (TPSA) is 46.3 Å². The zero-order valence-electron chi connectivity index (χ0n) is 11.4. The Morgan fingerprint density at radius 2 is 1.90 bits per heavy atom. The Kier molecular flexibility index (Phi) is 6.01. The molecular weight excluding hydrogens is 269 g/mol. The van der Waals surface area contributed by atoms with Gasteiger partial charge in [-0.3, -0.25) is 4.79 Å². The van der Waals surface area contributed by atoms with Crippen molar-refractivity contribution in [3.63, 3.8) is 0 Å². The first kappa shape index (κ1) is 16.5. The average molecular weight is 288 g/mol. The van der Waals surface area contributed by atoms with E-state index in [0.717, 1.165) is 10.5 Å². The van der Waals surface area contributed by atoms with E-state index >= 15 is 0 Å². The molecule has 0 heterocycles. The number of halogens is 3. The van der Waals surface area contributed by atoms with Gasteiger partial charge < -0.3 is 10.6 Å². The maximum absolute atomic E-state index is 12.4. The van der Waals surface area contributed by atoms with Gasteiger partial charge in [-0.05, 0) is 18.4 Å². The van der Waals surface area contributed by atoms with Crippen LogP contribution in [0.2, 0.25) is 0 Å². The van der Waals surface area contributed by atoms with Crippen LogP contribution in [0.15, 0.2) is 30.3 Å². The summed E-state index contributed by atoms with van der Waals surface area (Å²) in [5.74, 6) is -0.659. The van der Waals surface area contributed by atoms with Crippen molar-refractivity contribution in [1.29, 1.82) is 0 Å². The predicted octanol–water partition coefficient (Wildman–Crippen LogP) is 2.36. The van der Waals surface area contributed by atoms with E-state index in [1.54, 1.807) is 31.2 Å². The largest absolute Gasteiger partial charge is 0.406 e. The number of alkyl halides is 3. The fraction of sp³-hybridized carbons (Fsp3) is 0.500. The third-order valence-corrected chi connectivity index (χ3v) is 2.79. The minimum absolute atomic E-state index is 0.0564. The monoisotopic (exact) mass is 288 g/mol. The first-order valence-corrected chi connectivity index (χ1v) is 6.48. The van der Waals surface area contributed by atoms with Crippen LogP contribution in [0.3, 0.4) is 0 Å². The fourth-order valence-electron chi connectivity index (χ4n) is 1.94. The van der Waals surface area contributed by atoms with Crippen molar-refractivity contribution in [3.8, 4) is 0 Å². The van der Waals surface area contributed by atoms with E-state index in [9.17, 15) is 18.0 Å². The van der Waals surface area contributed by atoms with Crippen LogP contribution in [0, 0.1) is 0 Å². The normalized spacial score (nSPS) is 13.1. The Morgan fingerprint density at radius 1 is 1.30 bits per heavy atom. The van der Waals surface area contributed by atoms with Crippen molar-refractivity contribution in [2.75, 3.05) is 13.1 Å². The highest BCUT2D eigenvalue weighted by molar-refractivity contribution is 5.82. The predicted molar refractivity (Wildman–Crippen MR) is 71.0 cm³/mol. The molecule has 0 aliphatic rings. The molecule has 0 saturated heterocycles. The summed E-state index contributed by atoms with van der Waals surface area (Å²) in [5.41, 5.74) is 6.57. The highest BCUT2D eigenvalue weighted by Gasteiger charge is 2.34. The number of rotatable bonds is 6. The molecule has 1 amide bonds. The van der Waals surface area contributed by atoms with E-state index in [1.807, 2.05) is 6.07 Å². The molecule has 0 radical (unpaired) electrons. The molecule has 0 unspecified atom stereocenters. The lowest BCUT2D eigenvalue weighted by molar-refractivity contribution is -0.162. The van der Waals surface area contributed by atoms with E-state index in [4.69, 9.17) is 5.73 Å². The molecule has 0 saturated carbocycles. The van der Waals surface area contributed by atoms with E-state index < -0.39 is 24.7 Å². The Labute approximate surface area is 116 Å². The first-order valence-electron chi connectivity index (χ1n) is 6.48. The second-order valence-corrected chi connectivity index (χ2v) is 4.67. The van der Waals surface area contributed by atoms with Gasteiger partial charge in [-0.2, -0.15) is 13.2 Å². The molecule has 6 heteroatoms. The van der Waals surface area contributed by atoms with Crippen molar-refractivity contribution in [3.05, 3.63) is 35.9 Å². The Bertz CT molecular complexity index is 420. The Balaban J connectivity index is 2.68. The van der Waals surface area contributed by atoms with Gasteiger partial charge in [-0.25, -0.2) is 0 Å². The molecule has 3 nitrogen and oxygen atoms in total. The van der Waals surface area contributed by atoms with E-state index in [-0.39, 0.29) is 13.0 Å². The summed E-state index contributed by atoms with van der Waals surface area (Å²) in [6.45, 7) is 0.530. The summed E-state index contributed by atoms with van der Waals surface area (Å²) in [6, 6.07) is 8.05. The molecule has 0 spiro atoms. The minimum atomic E-state index is -4.41. The first-order chi connectivity index (χ1) is 9.33. The summed E-state index contributed by atoms with van der Waals surface area (Å²) in [6.07, 6.45) is -3.71. The summed E-state index contributed by atoms with van der Waals surface area (Å²) >= 11 is 0. The van der Waals surface area contributed by atoms with Gasteiger partial charge in [0.2, 0.25) is 5.91 Å². The fourth-order valence-corrected chi connectivity index (χ4v) is 1.94. The van der Waals surface area contributed by atoms with Crippen molar-refractivity contribution >= 4 is 5.91 Å². The van der Waals surface area contributed by atoms with E-state index in [0.29, 0.717) is 6.42 Å². The van der Waals surface area contributed by atoms with Gasteiger partial charge in [-0.15, -0.1) is 0 Å². The number of hydrogen-bond donors (Lipinski definition) is 1. The minimum Gasteiger partial charge on any atom is -0.332 e. The van der Waals surface area contributed by atoms with Crippen LogP contribution >= 0.6 is 0 Å². The van der Waals surface area contributed by atoms with Crippen LogP contribution in [0.25, 0.3) is 0 Å². The third-order valence-electron chi connectivity index (χ3n) is 2.79. The molecule has 0 bridgehead atoms. The van der Waals surface area contributed by atoms with Crippen LogP contribution in [-0.2, 0) is 11.2 Å². The summed E-state index contributed by atoms with van der Waals surface area (Å²) < 4.78 is 37.3. The number of carbonyl (C=O) groups excluding carboxylic acids is 1. The van der Waals surface area contributed by atoms with E-state index in [2.05, 4.69) is 0 Å². The SMILES string of the molecule is CCCN(CC(F)(F)F)C(=O)[C@@H](N)Cc1ccccc1. The molecule has 0 aliphatic heterocycles. The number of carbonyl (C=O) groups is 1. The van der Waals surface area contributed by atoms with E-state index in [1.165, 1.54) is 0 Å². The summed E-state index contributed by atoms with van der Waals surface area (Å²) in [7, 11) is 0. The molecule has 0 aliphatic carbocycles. The lowest BCUT2D eigenvalue weighted by atomic mass is 10.1. The van der Waals surface area contributed by atoms with Crippen molar-refractivity contribution in [2.45, 2.75) is 32.0 Å². The van der Waals surface area contributed by atoms with Crippen molar-refractivity contribution in [2.24, 2.45) is 5.73 Å². The lowest BCUT2D eigenvalue weighted by Gasteiger charge is -2.26. The highest BCUT2D eigenvalue weighted by atomic mass is 19.4. The van der Waals surface area contributed by atoms with Crippen LogP contribution in [-0.4, -0.2) is 36.1 Å². The lowest BCUT2D eigenvalue weighted by Crippen LogP contribution is -2.48. The van der Waals surface area contributed by atoms with Crippen LogP contribution in [0.5, 0.6) is 0 Å². The van der Waals surface area contributed by atoms with Gasteiger partial charge in [0.15, 0.2) is 0 Å². The molecule has 1 aromatic rings. The molecule has 0 fully saturated rings. The zero-order chi connectivity index (χ0) is 15.2. The molecule has 1 rings (SSSR count). The number of hydrogen-bond acceptors (Lipinski definition) is 2. The second-order valence-electron chi connectivity index (χ2n) is 4.67. The second kappa shape index (κ2) is 7.28. The summed E-state index contributed by atoms with van der Waals surface area (Å²) in [5, 5.41) is 0. The standard InChI is InChI=1S/C14H19F3N2O/c1-2-8-19(10-14(15,16)17)13(20)12(18)9-11-6-4-3-5-7-11/h3-7,12H,2,8-10,18H2,1H3/t12-/m0/s1. The van der Waals surface area contributed by atoms with Crippen LogP contribution in [0.4, 0.5) is 13.2 Å². The number of amides is 1. The van der Waals surface area contributed by atoms with Gasteiger partial charge >= 0.3 is 6.18 Å². The highest BCUT2D eigenvalue weighted by Crippen LogP contribution is 2.17. The van der Waals surface area contributed by atoms with Crippen molar-refractivity contribution in [1.82, 2.24) is 4.90 Å². The maximum Gasteiger partial charge on any atom is 0.406 e. The van der Waals surface area contributed by atoms with Gasteiger partial charge in [0, 0.05) is 6.54 Å². The van der Waals surface area contributed by atoms with Crippen LogP contribution in [0.1, 0.15) is 18.9 Å². The smallest absolute Gasteiger partial charge is 0.332 e. The van der Waals surface area contributed by atoms with Gasteiger partial charge in [0.05, 0.1) is 6.04 Å². The quantitative estimate of drug-likeness (QED) is 0.873. The maximum atomic E-state index is 12.4. The molecular formula is C14H19F3N2O. The molecule has 112 valence electrons. The Hall–Kier alpha value is -1.56. The van der Waals surface area contributed by atoms with Gasteiger partial charge in [-0.1, -0.05) is 37.3 Å². The van der Waals surface area contributed by atoms with Crippen molar-refractivity contribution < 1.29 is 18.0 Å². The molecule has 1 atom stereocenters. The Morgan fingerprint density at radius 3 is 2.40 bits per heavy atom. The average Bonchev–Trinajstić information content (AvgIpc) is 2.37. The molecule has 1 aromatic carbocycles.